The topological polar surface area (TPSA) is 80.2 Å². The zero-order valence-corrected chi connectivity index (χ0v) is 14.6. The molecule has 7 nitrogen and oxygen atoms in total. The summed E-state index contributed by atoms with van der Waals surface area (Å²) >= 11 is 0. The Bertz CT molecular complexity index is 667. The number of rotatable bonds is 6. The van der Waals surface area contributed by atoms with Crippen LogP contribution >= 0.6 is 0 Å². The molecule has 1 aromatic rings. The van der Waals surface area contributed by atoms with E-state index in [0.29, 0.717) is 18.0 Å². The number of methoxy groups -OCH3 is 1. The van der Waals surface area contributed by atoms with E-state index in [1.165, 1.54) is 38.2 Å². The van der Waals surface area contributed by atoms with Crippen LogP contribution in [-0.4, -0.2) is 59.5 Å². The van der Waals surface area contributed by atoms with Crippen LogP contribution in [0.3, 0.4) is 0 Å². The van der Waals surface area contributed by atoms with Crippen molar-refractivity contribution in [3.8, 4) is 5.75 Å². The van der Waals surface area contributed by atoms with E-state index < -0.39 is 10.0 Å². The predicted molar refractivity (Wildman–Crippen MR) is 87.3 cm³/mol. The first kappa shape index (κ1) is 17.7. The highest BCUT2D eigenvalue weighted by Crippen LogP contribution is 2.28. The van der Waals surface area contributed by atoms with E-state index in [9.17, 15) is 13.2 Å². The molecule has 2 rings (SSSR count). The van der Waals surface area contributed by atoms with Gasteiger partial charge in [-0.2, -0.15) is 0 Å². The van der Waals surface area contributed by atoms with Crippen molar-refractivity contribution in [2.45, 2.75) is 17.7 Å². The van der Waals surface area contributed by atoms with Gasteiger partial charge in [-0.3, -0.25) is 4.79 Å². The molecule has 0 atom stereocenters. The van der Waals surface area contributed by atoms with Crippen LogP contribution in [0.5, 0.6) is 5.75 Å². The van der Waals surface area contributed by atoms with Gasteiger partial charge in [0.15, 0.2) is 6.54 Å². The Kier molecular flexibility index (Phi) is 5.61. The fraction of sp³-hybridized carbons (Fsp3) is 0.533. The second-order valence-corrected chi connectivity index (χ2v) is 7.98. The van der Waals surface area contributed by atoms with Crippen LogP contribution in [0, 0.1) is 0 Å². The summed E-state index contributed by atoms with van der Waals surface area (Å²) < 4.78 is 30.8. The van der Waals surface area contributed by atoms with Gasteiger partial charge in [-0.25, -0.2) is 12.7 Å². The number of carbonyl (C=O) groups excluding carboxylic acids is 1. The number of quaternary nitrogens is 1. The summed E-state index contributed by atoms with van der Waals surface area (Å²) in [6.07, 6.45) is 2.28. The van der Waals surface area contributed by atoms with Crippen molar-refractivity contribution in [1.82, 2.24) is 4.31 Å². The molecule has 128 valence electrons. The van der Waals surface area contributed by atoms with Crippen molar-refractivity contribution in [2.75, 3.05) is 46.2 Å². The fourth-order valence-electron chi connectivity index (χ4n) is 2.63. The second-order valence-electron chi connectivity index (χ2n) is 5.83. The minimum atomic E-state index is -3.56. The van der Waals surface area contributed by atoms with Crippen molar-refractivity contribution >= 4 is 21.6 Å². The molecule has 1 fully saturated rings. The molecular formula is C15H24N3O4S+. The van der Waals surface area contributed by atoms with E-state index in [-0.39, 0.29) is 10.8 Å². The zero-order chi connectivity index (χ0) is 17.0. The van der Waals surface area contributed by atoms with Crippen LogP contribution in [-0.2, 0) is 14.8 Å². The molecule has 0 spiro atoms. The van der Waals surface area contributed by atoms with E-state index in [4.69, 9.17) is 4.74 Å². The first-order valence-electron chi connectivity index (χ1n) is 7.58. The lowest BCUT2D eigenvalue weighted by molar-refractivity contribution is -0.878. The number of benzene rings is 1. The molecule has 0 unspecified atom stereocenters. The number of sulfonamides is 1. The molecule has 1 aliphatic rings. The number of nitrogens with zero attached hydrogens (tertiary/aromatic N) is 1. The molecule has 0 saturated carbocycles. The number of hydrogen-bond acceptors (Lipinski definition) is 4. The maximum atomic E-state index is 12.2. The zero-order valence-electron chi connectivity index (χ0n) is 13.8. The fourth-order valence-corrected chi connectivity index (χ4v) is 3.56. The first-order valence-corrected chi connectivity index (χ1v) is 9.02. The van der Waals surface area contributed by atoms with E-state index in [2.05, 4.69) is 5.32 Å². The number of likely N-dealkylation sites (tertiary alicyclic amines) is 1. The van der Waals surface area contributed by atoms with Gasteiger partial charge in [-0.15, -0.1) is 0 Å². The Hall–Kier alpha value is -1.64. The van der Waals surface area contributed by atoms with Gasteiger partial charge < -0.3 is 15.0 Å². The summed E-state index contributed by atoms with van der Waals surface area (Å²) in [6.45, 7) is 2.38. The third kappa shape index (κ3) is 4.21. The summed E-state index contributed by atoms with van der Waals surface area (Å²) in [5.74, 6) is 0.298. The standard InChI is InChI=1S/C15H23N3O4S/c1-17(2)23(20,21)12-6-7-14(22-3)13(10-12)16-15(19)11-18-8-4-5-9-18/h6-7,10H,4-5,8-9,11H2,1-3H3,(H,16,19)/p+1. The smallest absolute Gasteiger partial charge is 0.279 e. The number of carbonyl (C=O) groups is 1. The maximum Gasteiger partial charge on any atom is 0.279 e. The van der Waals surface area contributed by atoms with Gasteiger partial charge in [0, 0.05) is 26.9 Å². The van der Waals surface area contributed by atoms with E-state index in [0.717, 1.165) is 30.2 Å². The SMILES string of the molecule is COc1ccc(S(=O)(=O)N(C)C)cc1NC(=O)C[NH+]1CCCC1. The summed E-state index contributed by atoms with van der Waals surface area (Å²) in [5.41, 5.74) is 0.374. The Labute approximate surface area is 137 Å². The summed E-state index contributed by atoms with van der Waals surface area (Å²) in [7, 11) is 0.855. The van der Waals surface area contributed by atoms with Crippen LogP contribution in [0.2, 0.25) is 0 Å². The lowest BCUT2D eigenvalue weighted by Crippen LogP contribution is -3.11. The van der Waals surface area contributed by atoms with Crippen molar-refractivity contribution < 1.29 is 22.8 Å². The molecule has 8 heteroatoms. The van der Waals surface area contributed by atoms with E-state index in [1.54, 1.807) is 6.07 Å². The van der Waals surface area contributed by atoms with Crippen LogP contribution in [0.1, 0.15) is 12.8 Å². The van der Waals surface area contributed by atoms with Gasteiger partial charge in [-0.05, 0) is 18.2 Å². The number of ether oxygens (including phenoxy) is 1. The Morgan fingerprint density at radius 3 is 2.52 bits per heavy atom. The summed E-state index contributed by atoms with van der Waals surface area (Å²) in [6, 6.07) is 4.45. The molecule has 0 aromatic heterocycles. The number of hydrogen-bond donors (Lipinski definition) is 2. The molecule has 1 aromatic carbocycles. The molecule has 0 bridgehead atoms. The van der Waals surface area contributed by atoms with Gasteiger partial charge in [0.2, 0.25) is 10.0 Å². The second kappa shape index (κ2) is 7.29. The van der Waals surface area contributed by atoms with Crippen LogP contribution in [0.4, 0.5) is 5.69 Å². The number of anilines is 1. The molecular weight excluding hydrogens is 318 g/mol. The largest absolute Gasteiger partial charge is 0.495 e. The van der Waals surface area contributed by atoms with Crippen molar-refractivity contribution in [3.05, 3.63) is 18.2 Å². The van der Waals surface area contributed by atoms with Crippen molar-refractivity contribution in [2.24, 2.45) is 0 Å². The van der Waals surface area contributed by atoms with Gasteiger partial charge >= 0.3 is 0 Å². The first-order chi connectivity index (χ1) is 10.8. The lowest BCUT2D eigenvalue weighted by Gasteiger charge is -2.16. The molecule has 1 aliphatic heterocycles. The van der Waals surface area contributed by atoms with Crippen LogP contribution < -0.4 is 15.0 Å². The highest BCUT2D eigenvalue weighted by Gasteiger charge is 2.22. The maximum absolute atomic E-state index is 12.2. The third-order valence-corrected chi connectivity index (χ3v) is 5.76. The predicted octanol–water partition coefficient (Wildman–Crippen LogP) is -0.437. The molecule has 1 saturated heterocycles. The molecule has 1 heterocycles. The molecule has 23 heavy (non-hydrogen) atoms. The third-order valence-electron chi connectivity index (χ3n) is 3.94. The highest BCUT2D eigenvalue weighted by atomic mass is 32.2. The summed E-state index contributed by atoms with van der Waals surface area (Å²) in [4.78, 5) is 13.6. The highest BCUT2D eigenvalue weighted by molar-refractivity contribution is 7.89. The molecule has 0 radical (unpaired) electrons. The normalized spacial score (nSPS) is 15.8. The van der Waals surface area contributed by atoms with Crippen LogP contribution in [0.15, 0.2) is 23.1 Å². The Morgan fingerprint density at radius 2 is 1.96 bits per heavy atom. The molecule has 0 aliphatic carbocycles. The summed E-state index contributed by atoms with van der Waals surface area (Å²) in [5, 5.41) is 2.77. The van der Waals surface area contributed by atoms with E-state index in [1.807, 2.05) is 0 Å². The number of amides is 1. The van der Waals surface area contributed by atoms with Gasteiger partial charge in [-0.1, -0.05) is 0 Å². The monoisotopic (exact) mass is 342 g/mol. The van der Waals surface area contributed by atoms with Crippen molar-refractivity contribution in [1.29, 1.82) is 0 Å². The molecule has 2 N–H and O–H groups in total. The average Bonchev–Trinajstić information content (AvgIpc) is 2.99. The Balaban J connectivity index is 2.20. The minimum absolute atomic E-state index is 0.118. The Morgan fingerprint density at radius 1 is 1.30 bits per heavy atom. The number of nitrogens with one attached hydrogen (secondary N) is 2. The van der Waals surface area contributed by atoms with Crippen LogP contribution in [0.25, 0.3) is 0 Å². The molecule has 1 amide bonds. The quantitative estimate of drug-likeness (QED) is 0.735. The van der Waals surface area contributed by atoms with E-state index >= 15 is 0 Å². The van der Waals surface area contributed by atoms with Gasteiger partial charge in [0.25, 0.3) is 5.91 Å². The van der Waals surface area contributed by atoms with Gasteiger partial charge in [0.05, 0.1) is 30.8 Å². The lowest BCUT2D eigenvalue weighted by atomic mass is 10.3. The average molecular weight is 342 g/mol. The van der Waals surface area contributed by atoms with Crippen molar-refractivity contribution in [3.63, 3.8) is 0 Å². The minimum Gasteiger partial charge on any atom is -0.495 e. The van der Waals surface area contributed by atoms with Gasteiger partial charge in [0.1, 0.15) is 5.75 Å².